The van der Waals surface area contributed by atoms with Crippen LogP contribution in [0.1, 0.15) is 75.6 Å². The number of nitrogens with one attached hydrogen (secondary N) is 1. The number of carbonyl (C=O) groups is 1. The van der Waals surface area contributed by atoms with Crippen LogP contribution in [0.3, 0.4) is 0 Å². The molecule has 0 atom stereocenters. The van der Waals surface area contributed by atoms with Gasteiger partial charge >= 0.3 is 0 Å². The Hall–Kier alpha value is -1.61. The van der Waals surface area contributed by atoms with Gasteiger partial charge in [-0.1, -0.05) is 13.8 Å². The predicted molar refractivity (Wildman–Crippen MR) is 135 cm³/mol. The van der Waals surface area contributed by atoms with Crippen molar-refractivity contribution in [2.75, 3.05) is 26.0 Å². The number of rotatable bonds is 9. The molecule has 1 aromatic heterocycles. The van der Waals surface area contributed by atoms with Crippen LogP contribution in [0.25, 0.3) is 0 Å². The molecule has 0 radical (unpaired) electrons. The molecule has 8 nitrogen and oxygen atoms in total. The van der Waals surface area contributed by atoms with E-state index in [9.17, 15) is 13.2 Å². The average molecular weight is 507 g/mol. The van der Waals surface area contributed by atoms with Crippen molar-refractivity contribution in [3.8, 4) is 5.88 Å². The van der Waals surface area contributed by atoms with E-state index in [4.69, 9.17) is 4.74 Å². The van der Waals surface area contributed by atoms with Crippen molar-refractivity contribution in [1.29, 1.82) is 0 Å². The first-order valence-electron chi connectivity index (χ1n) is 13.6. The van der Waals surface area contributed by atoms with Crippen molar-refractivity contribution >= 4 is 15.9 Å². The Labute approximate surface area is 210 Å². The van der Waals surface area contributed by atoms with Gasteiger partial charge in [0.2, 0.25) is 15.9 Å². The van der Waals surface area contributed by atoms with Gasteiger partial charge in [0.15, 0.2) is 0 Å². The van der Waals surface area contributed by atoms with Crippen LogP contribution in [0.2, 0.25) is 0 Å². The van der Waals surface area contributed by atoms with Crippen LogP contribution in [0.15, 0.2) is 6.20 Å². The smallest absolute Gasteiger partial charge is 0.258 e. The Bertz CT molecular complexity index is 985. The second kappa shape index (κ2) is 10.0. The summed E-state index contributed by atoms with van der Waals surface area (Å²) in [5.41, 5.74) is 0.548. The second-order valence-corrected chi connectivity index (χ2v) is 14.1. The van der Waals surface area contributed by atoms with Crippen LogP contribution in [0.5, 0.6) is 5.88 Å². The number of hydrogen-bond acceptors (Lipinski definition) is 5. The predicted octanol–water partition coefficient (Wildman–Crippen LogP) is 3.53. The van der Waals surface area contributed by atoms with Gasteiger partial charge in [0.1, 0.15) is 5.56 Å². The van der Waals surface area contributed by atoms with Crippen LogP contribution >= 0.6 is 0 Å². The fourth-order valence-corrected chi connectivity index (χ4v) is 8.19. The number of aryl methyl sites for hydroxylation is 1. The monoisotopic (exact) mass is 506 g/mol. The number of hydrogen-bond donors (Lipinski definition) is 1. The number of sulfonamides is 1. The van der Waals surface area contributed by atoms with E-state index < -0.39 is 10.0 Å². The van der Waals surface area contributed by atoms with Crippen LogP contribution in [-0.4, -0.2) is 60.4 Å². The average Bonchev–Trinajstić information content (AvgIpc) is 3.20. The highest BCUT2D eigenvalue weighted by Gasteiger charge is 2.48. The van der Waals surface area contributed by atoms with E-state index >= 15 is 0 Å². The Morgan fingerprint density at radius 3 is 2.31 bits per heavy atom. The largest absolute Gasteiger partial charge is 0.477 e. The van der Waals surface area contributed by atoms with Crippen LogP contribution in [0.4, 0.5) is 0 Å². The van der Waals surface area contributed by atoms with E-state index in [2.05, 4.69) is 24.3 Å². The third kappa shape index (κ3) is 5.55. The van der Waals surface area contributed by atoms with Crippen molar-refractivity contribution in [3.05, 3.63) is 11.8 Å². The Balaban J connectivity index is 1.23. The van der Waals surface area contributed by atoms with Crippen molar-refractivity contribution in [2.45, 2.75) is 77.8 Å². The van der Waals surface area contributed by atoms with Crippen molar-refractivity contribution in [2.24, 2.45) is 35.5 Å². The van der Waals surface area contributed by atoms with Gasteiger partial charge in [-0.3, -0.25) is 4.79 Å². The van der Waals surface area contributed by atoms with Gasteiger partial charge in [0.05, 0.1) is 19.1 Å². The van der Waals surface area contributed by atoms with Gasteiger partial charge in [-0.25, -0.2) is 17.4 Å². The second-order valence-electron chi connectivity index (χ2n) is 12.1. The normalized spacial score (nSPS) is 31.3. The van der Waals surface area contributed by atoms with Crippen molar-refractivity contribution in [3.63, 3.8) is 0 Å². The highest BCUT2D eigenvalue weighted by Crippen LogP contribution is 2.53. The molecule has 0 spiro atoms. The Kier molecular flexibility index (Phi) is 7.19. The third-order valence-corrected chi connectivity index (χ3v) is 10.2. The number of amides is 1. The lowest BCUT2D eigenvalue weighted by molar-refractivity contribution is -0.0120. The summed E-state index contributed by atoms with van der Waals surface area (Å²) in [5.74, 6) is 4.33. The molecule has 4 aliphatic carbocycles. The maximum atomic E-state index is 13.4. The summed E-state index contributed by atoms with van der Waals surface area (Å²) < 4.78 is 33.2. The molecule has 4 saturated carbocycles. The van der Waals surface area contributed by atoms with Crippen LogP contribution in [-0.2, 0) is 16.6 Å². The molecule has 6 rings (SSSR count). The zero-order valence-electron chi connectivity index (χ0n) is 21.5. The number of aromatic nitrogens is 2. The van der Waals surface area contributed by atoms with E-state index in [1.807, 2.05) is 4.68 Å². The number of ether oxygens (including phenoxy) is 1. The molecular formula is C26H42N4O4S. The standard InChI is InChI=1S/C26H42N4O4S/c1-17(2)16-34-26-23(25(31)28-24-21-11-19-10-20(13-21)14-22(24)12-19)15-27-30(26)9-6-18-4-7-29(8-5-18)35(3,32)33/h15,17-22,24H,4-14,16H2,1-3H3,(H,28,31). The maximum Gasteiger partial charge on any atom is 0.258 e. The number of piperidine rings is 1. The minimum Gasteiger partial charge on any atom is -0.477 e. The SMILES string of the molecule is CC(C)COc1c(C(=O)NC2C3CC4CC(C3)CC2C4)cnn1CCC1CCN(S(C)(=O)=O)CC1. The summed E-state index contributed by atoms with van der Waals surface area (Å²) in [7, 11) is -3.11. The fraction of sp³-hybridized carbons (Fsp3) is 0.846. The summed E-state index contributed by atoms with van der Waals surface area (Å²) in [5, 5.41) is 7.97. The summed E-state index contributed by atoms with van der Waals surface area (Å²) in [6.07, 6.45) is 12.1. The zero-order chi connectivity index (χ0) is 24.7. The Morgan fingerprint density at radius 1 is 1.11 bits per heavy atom. The van der Waals surface area contributed by atoms with E-state index in [-0.39, 0.29) is 11.9 Å². The van der Waals surface area contributed by atoms with Gasteiger partial charge in [-0.15, -0.1) is 0 Å². The van der Waals surface area contributed by atoms with E-state index in [0.717, 1.165) is 31.1 Å². The lowest BCUT2D eigenvalue weighted by Gasteiger charge is -2.54. The van der Waals surface area contributed by atoms with Gasteiger partial charge in [0.25, 0.3) is 5.91 Å². The van der Waals surface area contributed by atoms with Crippen LogP contribution in [0, 0.1) is 35.5 Å². The molecule has 4 bridgehead atoms. The lowest BCUT2D eigenvalue weighted by atomic mass is 9.54. The topological polar surface area (TPSA) is 93.5 Å². The molecule has 2 heterocycles. The van der Waals surface area contributed by atoms with E-state index in [1.165, 1.54) is 38.4 Å². The molecule has 1 saturated heterocycles. The first kappa shape index (κ1) is 25.1. The highest BCUT2D eigenvalue weighted by molar-refractivity contribution is 7.88. The highest BCUT2D eigenvalue weighted by atomic mass is 32.2. The van der Waals surface area contributed by atoms with Gasteiger partial charge in [0, 0.05) is 25.7 Å². The summed E-state index contributed by atoms with van der Waals surface area (Å²) in [4.78, 5) is 13.4. The molecule has 1 amide bonds. The first-order valence-corrected chi connectivity index (χ1v) is 15.5. The van der Waals surface area contributed by atoms with Crippen molar-refractivity contribution in [1.82, 2.24) is 19.4 Å². The molecule has 35 heavy (non-hydrogen) atoms. The molecule has 0 unspecified atom stereocenters. The molecule has 1 N–H and O–H groups in total. The van der Waals surface area contributed by atoms with Gasteiger partial charge in [-0.2, -0.15) is 5.10 Å². The lowest BCUT2D eigenvalue weighted by Crippen LogP contribution is -2.55. The van der Waals surface area contributed by atoms with Crippen molar-refractivity contribution < 1.29 is 17.9 Å². The van der Waals surface area contributed by atoms with E-state index in [0.29, 0.717) is 61.4 Å². The molecule has 5 fully saturated rings. The summed E-state index contributed by atoms with van der Waals surface area (Å²) in [6.45, 7) is 6.57. The fourth-order valence-electron chi connectivity index (χ4n) is 7.31. The van der Waals surface area contributed by atoms with Gasteiger partial charge in [-0.05, 0) is 86.9 Å². The minimum absolute atomic E-state index is 0.0473. The molecule has 1 aliphatic heterocycles. The summed E-state index contributed by atoms with van der Waals surface area (Å²) >= 11 is 0. The summed E-state index contributed by atoms with van der Waals surface area (Å²) in [6, 6.07) is 0.289. The molecule has 0 aromatic carbocycles. The maximum absolute atomic E-state index is 13.4. The molecular weight excluding hydrogens is 464 g/mol. The number of carbonyl (C=O) groups excluding carboxylic acids is 1. The Morgan fingerprint density at radius 2 is 1.74 bits per heavy atom. The van der Waals surface area contributed by atoms with Gasteiger partial charge < -0.3 is 10.1 Å². The minimum atomic E-state index is -3.11. The quantitative estimate of drug-likeness (QED) is 0.553. The first-order chi connectivity index (χ1) is 16.7. The molecule has 5 aliphatic rings. The third-order valence-electron chi connectivity index (χ3n) is 8.91. The van der Waals surface area contributed by atoms with Crippen LogP contribution < -0.4 is 10.1 Å². The zero-order valence-corrected chi connectivity index (χ0v) is 22.3. The number of nitrogens with zero attached hydrogens (tertiary/aromatic N) is 3. The molecule has 9 heteroatoms. The molecule has 196 valence electrons. The molecule has 1 aromatic rings. The van der Waals surface area contributed by atoms with E-state index in [1.54, 1.807) is 10.5 Å².